The van der Waals surface area contributed by atoms with Crippen molar-refractivity contribution in [2.75, 3.05) is 19.6 Å². The van der Waals surface area contributed by atoms with Crippen molar-refractivity contribution in [1.29, 1.82) is 0 Å². The smallest absolute Gasteiger partial charge is 0.355 e. The van der Waals surface area contributed by atoms with Gasteiger partial charge in [-0.25, -0.2) is 0 Å². The molecule has 7 heteroatoms. The number of nitrogens with two attached hydrogens (primary N) is 1. The van der Waals surface area contributed by atoms with Gasteiger partial charge >= 0.3 is 6.18 Å². The summed E-state index contributed by atoms with van der Waals surface area (Å²) in [6.45, 7) is 1.70. The van der Waals surface area contributed by atoms with Crippen LogP contribution in [0, 0.1) is 0 Å². The molecule has 0 aromatic rings. The molecule has 0 aromatic carbocycles. The molecule has 2 atom stereocenters. The summed E-state index contributed by atoms with van der Waals surface area (Å²) >= 11 is 0. The van der Waals surface area contributed by atoms with Crippen molar-refractivity contribution in [3.8, 4) is 0 Å². The molecule has 4 nitrogen and oxygen atoms in total. The molecule has 0 bridgehead atoms. The Morgan fingerprint density at radius 2 is 2.12 bits per heavy atom. The number of hydrogen-bond acceptors (Lipinski definition) is 3. The monoisotopic (exact) mass is 239 g/mol. The molecule has 0 aliphatic carbocycles. The number of nitrogens with one attached hydrogen (secondary N) is 1. The summed E-state index contributed by atoms with van der Waals surface area (Å²) in [5, 5.41) is 2.53. The Kier molecular flexibility index (Phi) is 4.15. The molecule has 1 heterocycles. The van der Waals surface area contributed by atoms with E-state index < -0.39 is 18.3 Å². The van der Waals surface area contributed by atoms with Crippen LogP contribution in [0.4, 0.5) is 13.2 Å². The fraction of sp³-hybridized carbons (Fsp3) is 0.889. The molecule has 1 rings (SSSR count). The molecule has 2 unspecified atom stereocenters. The van der Waals surface area contributed by atoms with Crippen LogP contribution in [0.15, 0.2) is 0 Å². The summed E-state index contributed by atoms with van der Waals surface area (Å²) in [4.78, 5) is 12.3. The predicted molar refractivity (Wildman–Crippen MR) is 52.7 cm³/mol. The Hall–Kier alpha value is -0.820. The van der Waals surface area contributed by atoms with Gasteiger partial charge in [-0.2, -0.15) is 13.2 Å². The average molecular weight is 239 g/mol. The number of alkyl halides is 3. The summed E-state index contributed by atoms with van der Waals surface area (Å²) in [7, 11) is 0. The van der Waals surface area contributed by atoms with Crippen LogP contribution in [-0.2, 0) is 4.79 Å². The topological polar surface area (TPSA) is 58.4 Å². The molecule has 1 aliphatic heterocycles. The third-order valence-electron chi connectivity index (χ3n) is 2.52. The molecule has 3 N–H and O–H groups in total. The second-order valence-electron chi connectivity index (χ2n) is 4.02. The minimum Gasteiger partial charge on any atom is -0.355 e. The maximum atomic E-state index is 12.8. The second-order valence-corrected chi connectivity index (χ2v) is 4.02. The van der Waals surface area contributed by atoms with Crippen molar-refractivity contribution in [3.63, 3.8) is 0 Å². The van der Waals surface area contributed by atoms with E-state index in [2.05, 4.69) is 5.32 Å². The molecule has 0 saturated carbocycles. The van der Waals surface area contributed by atoms with Gasteiger partial charge in [-0.1, -0.05) is 0 Å². The van der Waals surface area contributed by atoms with Gasteiger partial charge in [0.2, 0.25) is 5.91 Å². The van der Waals surface area contributed by atoms with Gasteiger partial charge < -0.3 is 11.1 Å². The molecule has 1 saturated heterocycles. The van der Waals surface area contributed by atoms with Gasteiger partial charge in [0.05, 0.1) is 6.54 Å². The van der Waals surface area contributed by atoms with E-state index in [-0.39, 0.29) is 19.0 Å². The zero-order chi connectivity index (χ0) is 12.3. The fourth-order valence-corrected chi connectivity index (χ4v) is 1.90. The van der Waals surface area contributed by atoms with Crippen molar-refractivity contribution in [1.82, 2.24) is 10.2 Å². The molecule has 0 radical (unpaired) electrons. The van der Waals surface area contributed by atoms with Crippen LogP contribution in [-0.4, -0.2) is 48.7 Å². The molecule has 16 heavy (non-hydrogen) atoms. The van der Waals surface area contributed by atoms with Crippen molar-refractivity contribution in [2.24, 2.45) is 5.73 Å². The summed E-state index contributed by atoms with van der Waals surface area (Å²) in [5.41, 5.74) is 5.36. The minimum absolute atomic E-state index is 0.227. The molecule has 1 fully saturated rings. The van der Waals surface area contributed by atoms with Gasteiger partial charge in [0, 0.05) is 19.1 Å². The molecular weight excluding hydrogens is 223 g/mol. The number of carbonyl (C=O) groups is 1. The first-order chi connectivity index (χ1) is 7.32. The molecule has 0 aromatic heterocycles. The zero-order valence-electron chi connectivity index (χ0n) is 9.05. The standard InChI is InChI=1S/C9H16F3N3O/c1-6(13)8(9(10,11)12)15-4-2-3-14-7(16)5-15/h6,8H,2-5,13H2,1H3,(H,14,16). The summed E-state index contributed by atoms with van der Waals surface area (Å²) in [6, 6.07) is -2.80. The fourth-order valence-electron chi connectivity index (χ4n) is 1.90. The molecule has 1 aliphatic rings. The lowest BCUT2D eigenvalue weighted by atomic mass is 10.1. The number of amides is 1. The van der Waals surface area contributed by atoms with Crippen LogP contribution in [0.25, 0.3) is 0 Å². The minimum atomic E-state index is -4.40. The van der Waals surface area contributed by atoms with Gasteiger partial charge in [-0.15, -0.1) is 0 Å². The number of carbonyl (C=O) groups excluding carboxylic acids is 1. The van der Waals surface area contributed by atoms with Gasteiger partial charge in [0.1, 0.15) is 6.04 Å². The van der Waals surface area contributed by atoms with Gasteiger partial charge in [0.15, 0.2) is 0 Å². The van der Waals surface area contributed by atoms with E-state index in [0.717, 1.165) is 4.90 Å². The molecular formula is C9H16F3N3O. The highest BCUT2D eigenvalue weighted by atomic mass is 19.4. The lowest BCUT2D eigenvalue weighted by Gasteiger charge is -2.33. The maximum absolute atomic E-state index is 12.8. The van der Waals surface area contributed by atoms with Gasteiger partial charge in [-0.05, 0) is 13.3 Å². The van der Waals surface area contributed by atoms with E-state index in [1.807, 2.05) is 0 Å². The lowest BCUT2D eigenvalue weighted by molar-refractivity contribution is -0.188. The van der Waals surface area contributed by atoms with Crippen LogP contribution in [0.1, 0.15) is 13.3 Å². The Balaban J connectivity index is 2.80. The van der Waals surface area contributed by atoms with E-state index in [1.165, 1.54) is 6.92 Å². The normalized spacial score (nSPS) is 23.4. The Morgan fingerprint density at radius 3 is 2.62 bits per heavy atom. The van der Waals surface area contributed by atoms with Crippen molar-refractivity contribution in [3.05, 3.63) is 0 Å². The van der Waals surface area contributed by atoms with Crippen LogP contribution in [0.3, 0.4) is 0 Å². The van der Waals surface area contributed by atoms with Crippen molar-refractivity contribution < 1.29 is 18.0 Å². The Bertz CT molecular complexity index is 255. The lowest BCUT2D eigenvalue weighted by Crippen LogP contribution is -2.56. The number of rotatable bonds is 2. The second kappa shape index (κ2) is 5.01. The molecule has 94 valence electrons. The zero-order valence-corrected chi connectivity index (χ0v) is 9.05. The summed E-state index contributed by atoms with van der Waals surface area (Å²) in [5.74, 6) is -0.382. The van der Waals surface area contributed by atoms with Crippen molar-refractivity contribution in [2.45, 2.75) is 31.6 Å². The maximum Gasteiger partial charge on any atom is 0.405 e. The average Bonchev–Trinajstić information content (AvgIpc) is 2.26. The highest BCUT2D eigenvalue weighted by Crippen LogP contribution is 2.27. The largest absolute Gasteiger partial charge is 0.405 e. The molecule has 1 amide bonds. The van der Waals surface area contributed by atoms with Gasteiger partial charge in [0.25, 0.3) is 0 Å². The van der Waals surface area contributed by atoms with Crippen LogP contribution < -0.4 is 11.1 Å². The Labute approximate surface area is 92.0 Å². The van der Waals surface area contributed by atoms with E-state index >= 15 is 0 Å². The Morgan fingerprint density at radius 1 is 1.50 bits per heavy atom. The van der Waals surface area contributed by atoms with Crippen molar-refractivity contribution >= 4 is 5.91 Å². The summed E-state index contributed by atoms with van der Waals surface area (Å²) in [6.07, 6.45) is -3.90. The van der Waals surface area contributed by atoms with Crippen LogP contribution in [0.2, 0.25) is 0 Å². The first kappa shape index (κ1) is 13.2. The number of nitrogens with zero attached hydrogens (tertiary/aromatic N) is 1. The molecule has 0 spiro atoms. The SMILES string of the molecule is CC(N)C(N1CCCNC(=O)C1)C(F)(F)F. The highest BCUT2D eigenvalue weighted by Gasteiger charge is 2.46. The highest BCUT2D eigenvalue weighted by molar-refractivity contribution is 5.78. The first-order valence-corrected chi connectivity index (χ1v) is 5.15. The van der Waals surface area contributed by atoms with Gasteiger partial charge in [-0.3, -0.25) is 9.69 Å². The van der Waals surface area contributed by atoms with E-state index in [1.54, 1.807) is 0 Å². The van der Waals surface area contributed by atoms with E-state index in [9.17, 15) is 18.0 Å². The van der Waals surface area contributed by atoms with Crippen LogP contribution >= 0.6 is 0 Å². The van der Waals surface area contributed by atoms with E-state index in [4.69, 9.17) is 5.73 Å². The first-order valence-electron chi connectivity index (χ1n) is 5.15. The summed E-state index contributed by atoms with van der Waals surface area (Å²) < 4.78 is 38.3. The number of halogens is 3. The number of hydrogen-bond donors (Lipinski definition) is 2. The predicted octanol–water partition coefficient (Wildman–Crippen LogP) is 0.0864. The third-order valence-corrected chi connectivity index (χ3v) is 2.52. The van der Waals surface area contributed by atoms with E-state index in [0.29, 0.717) is 13.0 Å². The quantitative estimate of drug-likeness (QED) is 0.718. The third kappa shape index (κ3) is 3.34. The van der Waals surface area contributed by atoms with Crippen LogP contribution in [0.5, 0.6) is 0 Å².